The molecule has 0 unspecified atom stereocenters. The van der Waals surface area contributed by atoms with E-state index >= 15 is 0 Å². The lowest BCUT2D eigenvalue weighted by molar-refractivity contribution is -0.136. The number of hydrogen-bond donors (Lipinski definition) is 6. The minimum Gasteiger partial charge on any atom is -0.508 e. The second kappa shape index (κ2) is 26.1. The molecule has 0 spiro atoms. The van der Waals surface area contributed by atoms with Crippen molar-refractivity contribution in [3.05, 3.63) is 90.0 Å². The number of rotatable bonds is 15. The van der Waals surface area contributed by atoms with Crippen LogP contribution in [0, 0.1) is 5.92 Å². The number of para-hydroxylation sites is 2. The van der Waals surface area contributed by atoms with Crippen LogP contribution in [0.25, 0.3) is 0 Å². The van der Waals surface area contributed by atoms with E-state index in [1.807, 2.05) is 68.4 Å². The number of carbonyl (C=O) groups excluding carboxylic acids is 5. The molecule has 328 valence electrons. The number of nitrogens with zero attached hydrogens (tertiary/aromatic N) is 1. The summed E-state index contributed by atoms with van der Waals surface area (Å²) in [6.45, 7) is 7.01. The largest absolute Gasteiger partial charge is 0.508 e. The van der Waals surface area contributed by atoms with Crippen LogP contribution in [0.3, 0.4) is 0 Å². The van der Waals surface area contributed by atoms with E-state index in [0.717, 1.165) is 11.1 Å². The van der Waals surface area contributed by atoms with Gasteiger partial charge in [-0.2, -0.15) is 0 Å². The monoisotopic (exact) mass is 854 g/mol. The second-order valence-electron chi connectivity index (χ2n) is 14.6. The zero-order valence-corrected chi connectivity index (χ0v) is 35.2. The fourth-order valence-corrected chi connectivity index (χ4v) is 6.20. The molecule has 4 atom stereocenters. The number of carbonyl (C=O) groups is 5. The van der Waals surface area contributed by atoms with Crippen LogP contribution >= 0.6 is 12.4 Å². The number of hydrogen-bond acceptors (Lipinski definition) is 12. The Balaban J connectivity index is 0.00000961. The molecule has 1 aliphatic rings. The molecule has 7 N–H and O–H groups in total. The highest BCUT2D eigenvalue weighted by Gasteiger charge is 2.31. The van der Waals surface area contributed by atoms with Gasteiger partial charge in [-0.15, -0.1) is 12.4 Å². The predicted molar refractivity (Wildman–Crippen MR) is 227 cm³/mol. The van der Waals surface area contributed by atoms with Gasteiger partial charge >= 0.3 is 0 Å². The number of halogens is 1. The average molecular weight is 855 g/mol. The second-order valence-corrected chi connectivity index (χ2v) is 14.6. The lowest BCUT2D eigenvalue weighted by atomic mass is 9.99. The molecule has 0 radical (unpaired) electrons. The van der Waals surface area contributed by atoms with Crippen LogP contribution in [0.1, 0.15) is 38.3 Å². The third kappa shape index (κ3) is 17.1. The van der Waals surface area contributed by atoms with Crippen molar-refractivity contribution < 1.29 is 48.0 Å². The van der Waals surface area contributed by atoms with E-state index in [2.05, 4.69) is 21.3 Å². The SMILES string of the molecule is CC(C)C[C@H](N[C@@H](Cc1ccccc1)C(=O)NC(=O)CNC(=O)[C@@H](C)NC(=O)[C@@H](N)Cc1ccc(O)cc1)C(=O)N1CCOCCOc2ccccc2OCCOCC1.Cl. The first-order valence-corrected chi connectivity index (χ1v) is 19.9. The van der Waals surface area contributed by atoms with Crippen LogP contribution in [0.5, 0.6) is 17.2 Å². The van der Waals surface area contributed by atoms with Crippen molar-refractivity contribution in [1.82, 2.24) is 26.2 Å². The Morgan fingerprint density at radius 1 is 0.700 bits per heavy atom. The molecule has 4 rings (SSSR count). The van der Waals surface area contributed by atoms with Crippen molar-refractivity contribution in [1.29, 1.82) is 0 Å². The molecule has 1 heterocycles. The van der Waals surface area contributed by atoms with Gasteiger partial charge in [0.2, 0.25) is 29.5 Å². The smallest absolute Gasteiger partial charge is 0.245 e. The van der Waals surface area contributed by atoms with Crippen molar-refractivity contribution in [2.45, 2.75) is 64.2 Å². The quantitative estimate of drug-likeness (QED) is 0.129. The number of imide groups is 1. The molecule has 0 fully saturated rings. The van der Waals surface area contributed by atoms with Crippen LogP contribution in [-0.2, 0) is 46.3 Å². The van der Waals surface area contributed by atoms with Crippen LogP contribution < -0.4 is 36.5 Å². The van der Waals surface area contributed by atoms with Gasteiger partial charge < -0.3 is 45.3 Å². The average Bonchev–Trinajstić information content (AvgIpc) is 3.22. The van der Waals surface area contributed by atoms with Gasteiger partial charge in [-0.3, -0.25) is 34.6 Å². The Kier molecular flexibility index (Phi) is 21.3. The first kappa shape index (κ1) is 49.1. The molecular formula is C43H59ClN6O10. The lowest BCUT2D eigenvalue weighted by Gasteiger charge is -2.31. The maximum absolute atomic E-state index is 14.3. The van der Waals surface area contributed by atoms with E-state index in [1.54, 1.807) is 17.0 Å². The van der Waals surface area contributed by atoms with Gasteiger partial charge in [-0.1, -0.05) is 68.4 Å². The Labute approximate surface area is 357 Å². The Morgan fingerprint density at radius 2 is 1.27 bits per heavy atom. The van der Waals surface area contributed by atoms with Crippen molar-refractivity contribution in [3.8, 4) is 17.2 Å². The molecule has 1 aliphatic heterocycles. The summed E-state index contributed by atoms with van der Waals surface area (Å²) in [7, 11) is 0. The minimum atomic E-state index is -1.04. The number of amides is 5. The van der Waals surface area contributed by atoms with Gasteiger partial charge in [0, 0.05) is 13.1 Å². The maximum Gasteiger partial charge on any atom is 0.245 e. The zero-order valence-electron chi connectivity index (χ0n) is 34.4. The molecule has 5 amide bonds. The van der Waals surface area contributed by atoms with Gasteiger partial charge in [-0.05, 0) is 67.5 Å². The van der Waals surface area contributed by atoms with Gasteiger partial charge in [0.05, 0.1) is 51.1 Å². The molecule has 0 saturated heterocycles. The van der Waals surface area contributed by atoms with Crippen molar-refractivity contribution in [3.63, 3.8) is 0 Å². The van der Waals surface area contributed by atoms with Crippen LogP contribution in [0.15, 0.2) is 78.9 Å². The summed E-state index contributed by atoms with van der Waals surface area (Å²) in [5.74, 6) is -1.61. The van der Waals surface area contributed by atoms with Crippen LogP contribution in [0.4, 0.5) is 0 Å². The Hall–Kier alpha value is -5.26. The fraction of sp³-hybridized carbons (Fsp3) is 0.465. The number of ether oxygens (including phenoxy) is 4. The molecule has 0 aromatic heterocycles. The summed E-state index contributed by atoms with van der Waals surface area (Å²) >= 11 is 0. The third-order valence-electron chi connectivity index (χ3n) is 9.32. The van der Waals surface area contributed by atoms with E-state index in [4.69, 9.17) is 24.7 Å². The molecule has 0 bridgehead atoms. The zero-order chi connectivity index (χ0) is 42.6. The first-order valence-electron chi connectivity index (χ1n) is 19.9. The van der Waals surface area contributed by atoms with E-state index in [9.17, 15) is 29.1 Å². The summed E-state index contributed by atoms with van der Waals surface area (Å²) in [4.78, 5) is 68.2. The van der Waals surface area contributed by atoms with Gasteiger partial charge in [0.15, 0.2) is 11.5 Å². The summed E-state index contributed by atoms with van der Waals surface area (Å²) in [6.07, 6.45) is 0.730. The van der Waals surface area contributed by atoms with Crippen molar-refractivity contribution in [2.24, 2.45) is 11.7 Å². The number of aromatic hydroxyl groups is 1. The number of fused-ring (bicyclic) bond motifs is 1. The lowest BCUT2D eigenvalue weighted by Crippen LogP contribution is -2.57. The number of benzene rings is 3. The Morgan fingerprint density at radius 3 is 1.85 bits per heavy atom. The highest BCUT2D eigenvalue weighted by molar-refractivity contribution is 6.00. The molecule has 3 aromatic rings. The van der Waals surface area contributed by atoms with Crippen LogP contribution in [0.2, 0.25) is 0 Å². The minimum absolute atomic E-state index is 0. The van der Waals surface area contributed by atoms with Gasteiger partial charge in [0.25, 0.3) is 0 Å². The molecule has 16 nitrogen and oxygen atoms in total. The summed E-state index contributed by atoms with van der Waals surface area (Å²) in [5.41, 5.74) is 7.55. The van der Waals surface area contributed by atoms with Crippen molar-refractivity contribution >= 4 is 41.9 Å². The highest BCUT2D eigenvalue weighted by Crippen LogP contribution is 2.26. The topological polar surface area (TPSA) is 220 Å². The predicted octanol–water partition coefficient (Wildman–Crippen LogP) is 1.90. The fourth-order valence-electron chi connectivity index (χ4n) is 6.20. The Bertz CT molecular complexity index is 1770. The molecular weight excluding hydrogens is 796 g/mol. The molecule has 0 saturated carbocycles. The normalized spacial score (nSPS) is 15.7. The maximum atomic E-state index is 14.3. The van der Waals surface area contributed by atoms with E-state index < -0.39 is 54.3 Å². The summed E-state index contributed by atoms with van der Waals surface area (Å²) in [6, 6.07) is 19.0. The van der Waals surface area contributed by atoms with E-state index in [-0.39, 0.29) is 95.6 Å². The number of phenolic OH excluding ortho intramolecular Hbond substituents is 1. The highest BCUT2D eigenvalue weighted by atomic mass is 35.5. The van der Waals surface area contributed by atoms with Gasteiger partial charge in [0.1, 0.15) is 25.0 Å². The summed E-state index contributed by atoms with van der Waals surface area (Å²) < 4.78 is 23.4. The van der Waals surface area contributed by atoms with E-state index in [1.165, 1.54) is 19.1 Å². The van der Waals surface area contributed by atoms with E-state index in [0.29, 0.717) is 17.9 Å². The van der Waals surface area contributed by atoms with Crippen LogP contribution in [-0.4, -0.2) is 123 Å². The van der Waals surface area contributed by atoms with Gasteiger partial charge in [-0.25, -0.2) is 0 Å². The third-order valence-corrected chi connectivity index (χ3v) is 9.32. The first-order chi connectivity index (χ1) is 28.4. The summed E-state index contributed by atoms with van der Waals surface area (Å²) in [5, 5.41) is 20.1. The number of nitrogens with two attached hydrogens (primary N) is 1. The molecule has 17 heteroatoms. The number of nitrogens with one attached hydrogen (secondary N) is 4. The standard InChI is InChI=1S/C43H58N6O10.ClH/c1-29(2)25-36(43(55)49-17-19-56-21-23-58-37-11-7-8-12-38(37)59-24-22-57-20-18-49)47-35(27-31-9-5-4-6-10-31)42(54)48-39(51)28-45-40(52)30(3)46-41(53)34(44)26-32-13-15-33(50)16-14-32;/h4-16,29-30,34-36,47,50H,17-28,44H2,1-3H3,(H,45,52)(H,46,53)(H,48,51,54);1H/t30-,34+,35+,36+;/m1./s1. The molecule has 3 aromatic carbocycles. The number of phenols is 1. The molecule has 0 aliphatic carbocycles. The van der Waals surface area contributed by atoms with Crippen molar-refractivity contribution in [2.75, 3.05) is 59.3 Å². The molecule has 60 heavy (non-hydrogen) atoms.